The fourth-order valence-electron chi connectivity index (χ4n) is 4.24. The van der Waals surface area contributed by atoms with Crippen molar-refractivity contribution in [2.24, 2.45) is 0 Å². The first-order valence-electron chi connectivity index (χ1n) is 10.5. The summed E-state index contributed by atoms with van der Waals surface area (Å²) in [4.78, 5) is 30.4. The Labute approximate surface area is 177 Å². The largest absolute Gasteiger partial charge is 0.399 e. The van der Waals surface area contributed by atoms with Crippen LogP contribution in [0.25, 0.3) is 0 Å². The summed E-state index contributed by atoms with van der Waals surface area (Å²) in [6, 6.07) is 5.92. The molecule has 0 unspecified atom stereocenters. The number of amides is 1. The number of nitrogens with one attached hydrogen (secondary N) is 2. The maximum atomic E-state index is 13.0. The van der Waals surface area contributed by atoms with Gasteiger partial charge in [0.25, 0.3) is 11.5 Å². The van der Waals surface area contributed by atoms with Crippen molar-refractivity contribution in [1.82, 2.24) is 10.3 Å². The van der Waals surface area contributed by atoms with Crippen molar-refractivity contribution in [3.8, 4) is 0 Å². The topological polar surface area (TPSA) is 100 Å². The Bertz CT molecular complexity index is 977. The second-order valence-corrected chi connectivity index (χ2v) is 7.97. The van der Waals surface area contributed by atoms with Gasteiger partial charge in [0, 0.05) is 60.5 Å². The van der Waals surface area contributed by atoms with E-state index in [1.54, 1.807) is 6.07 Å². The van der Waals surface area contributed by atoms with E-state index in [0.29, 0.717) is 22.9 Å². The molecule has 0 atom stereocenters. The van der Waals surface area contributed by atoms with Crippen molar-refractivity contribution in [3.05, 3.63) is 56.5 Å². The zero-order valence-electron chi connectivity index (χ0n) is 18.3. The Morgan fingerprint density at radius 2 is 1.93 bits per heavy atom. The Balaban J connectivity index is 1.85. The SMILES string of the molecule is CCN(c1cc(N)cc(C(=O)NCc2c(C)cc(C)[nH]c2=O)c1C)C1CCOCC1. The van der Waals surface area contributed by atoms with Crippen LogP contribution in [0.15, 0.2) is 23.0 Å². The first kappa shape index (κ1) is 21.9. The van der Waals surface area contributed by atoms with Crippen LogP contribution in [0.5, 0.6) is 0 Å². The smallest absolute Gasteiger partial charge is 0.253 e. The molecule has 0 radical (unpaired) electrons. The van der Waals surface area contributed by atoms with E-state index in [-0.39, 0.29) is 18.0 Å². The maximum absolute atomic E-state index is 13.0. The molecule has 1 fully saturated rings. The lowest BCUT2D eigenvalue weighted by Crippen LogP contribution is -2.40. The van der Waals surface area contributed by atoms with E-state index < -0.39 is 0 Å². The lowest BCUT2D eigenvalue weighted by molar-refractivity contribution is 0.0846. The standard InChI is InChI=1S/C23H32N4O3/c1-5-27(18-6-8-30-9-7-18)21-12-17(24)11-19(16(21)4)22(28)25-13-20-14(2)10-15(3)26-23(20)29/h10-12,18H,5-9,13,24H2,1-4H3,(H,25,28)(H,26,29). The summed E-state index contributed by atoms with van der Waals surface area (Å²) >= 11 is 0. The molecule has 30 heavy (non-hydrogen) atoms. The molecule has 2 heterocycles. The van der Waals surface area contributed by atoms with Crippen LogP contribution in [0.1, 0.15) is 52.5 Å². The second-order valence-electron chi connectivity index (χ2n) is 7.97. The summed E-state index contributed by atoms with van der Waals surface area (Å²) in [6.45, 7) is 10.3. The van der Waals surface area contributed by atoms with Crippen LogP contribution in [-0.2, 0) is 11.3 Å². The quantitative estimate of drug-likeness (QED) is 0.634. The van der Waals surface area contributed by atoms with Crippen molar-refractivity contribution in [1.29, 1.82) is 0 Å². The number of hydrogen-bond acceptors (Lipinski definition) is 5. The van der Waals surface area contributed by atoms with E-state index in [1.165, 1.54) is 0 Å². The average Bonchev–Trinajstić information content (AvgIpc) is 2.70. The molecule has 0 spiro atoms. The highest BCUT2D eigenvalue weighted by Crippen LogP contribution is 2.30. The van der Waals surface area contributed by atoms with Gasteiger partial charge in [-0.1, -0.05) is 0 Å². The predicted octanol–water partition coefficient (Wildman–Crippen LogP) is 2.82. The lowest BCUT2D eigenvalue weighted by atomic mass is 10.00. The first-order valence-corrected chi connectivity index (χ1v) is 10.5. The molecule has 0 bridgehead atoms. The van der Waals surface area contributed by atoms with E-state index in [0.717, 1.165) is 55.1 Å². The van der Waals surface area contributed by atoms with Crippen molar-refractivity contribution in [2.45, 2.75) is 53.1 Å². The number of carbonyl (C=O) groups is 1. The fourth-order valence-corrected chi connectivity index (χ4v) is 4.24. The monoisotopic (exact) mass is 412 g/mol. The van der Waals surface area contributed by atoms with Gasteiger partial charge < -0.3 is 25.7 Å². The number of aromatic amines is 1. The number of nitrogen functional groups attached to an aromatic ring is 1. The number of ether oxygens (including phenoxy) is 1. The number of rotatable bonds is 6. The summed E-state index contributed by atoms with van der Waals surface area (Å²) in [6.07, 6.45) is 1.91. The highest BCUT2D eigenvalue weighted by molar-refractivity contribution is 5.98. The van der Waals surface area contributed by atoms with E-state index in [4.69, 9.17) is 10.5 Å². The molecule has 1 aliphatic rings. The van der Waals surface area contributed by atoms with Gasteiger partial charge in [-0.2, -0.15) is 0 Å². The Kier molecular flexibility index (Phi) is 6.82. The second kappa shape index (κ2) is 9.34. The minimum Gasteiger partial charge on any atom is -0.399 e. The number of anilines is 2. The van der Waals surface area contributed by atoms with Gasteiger partial charge in [0.15, 0.2) is 0 Å². The van der Waals surface area contributed by atoms with Gasteiger partial charge in [-0.15, -0.1) is 0 Å². The highest BCUT2D eigenvalue weighted by atomic mass is 16.5. The third kappa shape index (κ3) is 4.67. The van der Waals surface area contributed by atoms with Crippen LogP contribution >= 0.6 is 0 Å². The number of aromatic nitrogens is 1. The Morgan fingerprint density at radius 3 is 2.57 bits per heavy atom. The number of H-pyrrole nitrogens is 1. The number of carbonyl (C=O) groups excluding carboxylic acids is 1. The number of aryl methyl sites for hydroxylation is 2. The van der Waals surface area contributed by atoms with E-state index in [1.807, 2.05) is 32.9 Å². The van der Waals surface area contributed by atoms with E-state index >= 15 is 0 Å². The fraction of sp³-hybridized carbons (Fsp3) is 0.478. The maximum Gasteiger partial charge on any atom is 0.253 e. The zero-order valence-corrected chi connectivity index (χ0v) is 18.3. The summed E-state index contributed by atoms with van der Waals surface area (Å²) in [5.74, 6) is -0.233. The number of nitrogens with two attached hydrogens (primary N) is 1. The van der Waals surface area contributed by atoms with Gasteiger partial charge in [-0.25, -0.2) is 0 Å². The average molecular weight is 413 g/mol. The molecule has 0 aliphatic carbocycles. The summed E-state index contributed by atoms with van der Waals surface area (Å²) in [5.41, 5.74) is 11.2. The van der Waals surface area contributed by atoms with Gasteiger partial charge in [-0.05, 0) is 69.9 Å². The molecule has 0 saturated carbocycles. The molecule has 162 valence electrons. The number of benzene rings is 1. The Hall–Kier alpha value is -2.80. The molecular formula is C23H32N4O3. The number of hydrogen-bond donors (Lipinski definition) is 3. The van der Waals surface area contributed by atoms with Gasteiger partial charge in [0.05, 0.1) is 0 Å². The van der Waals surface area contributed by atoms with E-state index in [2.05, 4.69) is 22.1 Å². The van der Waals surface area contributed by atoms with Gasteiger partial charge >= 0.3 is 0 Å². The minimum atomic E-state index is -0.233. The minimum absolute atomic E-state index is 0.168. The van der Waals surface area contributed by atoms with Gasteiger partial charge in [0.2, 0.25) is 0 Å². The van der Waals surface area contributed by atoms with Gasteiger partial charge in [0.1, 0.15) is 0 Å². The van der Waals surface area contributed by atoms with Crippen LogP contribution in [0, 0.1) is 20.8 Å². The number of nitrogens with zero attached hydrogens (tertiary/aromatic N) is 1. The molecule has 4 N–H and O–H groups in total. The highest BCUT2D eigenvalue weighted by Gasteiger charge is 2.24. The van der Waals surface area contributed by atoms with Crippen LogP contribution in [0.4, 0.5) is 11.4 Å². The molecule has 2 aromatic rings. The molecule has 1 aromatic heterocycles. The first-order chi connectivity index (χ1) is 14.3. The predicted molar refractivity (Wildman–Crippen MR) is 120 cm³/mol. The summed E-state index contributed by atoms with van der Waals surface area (Å²) in [7, 11) is 0. The van der Waals surface area contributed by atoms with Crippen LogP contribution < -0.4 is 21.5 Å². The van der Waals surface area contributed by atoms with E-state index in [9.17, 15) is 9.59 Å². The van der Waals surface area contributed by atoms with Crippen LogP contribution in [0.3, 0.4) is 0 Å². The van der Waals surface area contributed by atoms with Crippen LogP contribution in [0.2, 0.25) is 0 Å². The van der Waals surface area contributed by atoms with Crippen molar-refractivity contribution >= 4 is 17.3 Å². The molecule has 7 heteroatoms. The molecule has 1 saturated heterocycles. The van der Waals surface area contributed by atoms with Crippen LogP contribution in [-0.4, -0.2) is 36.7 Å². The van der Waals surface area contributed by atoms with Crippen molar-refractivity contribution in [2.75, 3.05) is 30.4 Å². The Morgan fingerprint density at radius 1 is 1.23 bits per heavy atom. The molecule has 7 nitrogen and oxygen atoms in total. The summed E-state index contributed by atoms with van der Waals surface area (Å²) < 4.78 is 5.50. The van der Waals surface area contributed by atoms with Crippen molar-refractivity contribution < 1.29 is 9.53 Å². The third-order valence-corrected chi connectivity index (χ3v) is 5.85. The molecule has 3 rings (SSSR count). The molecule has 1 aromatic carbocycles. The van der Waals surface area contributed by atoms with Crippen molar-refractivity contribution in [3.63, 3.8) is 0 Å². The normalized spacial score (nSPS) is 14.5. The molecule has 1 amide bonds. The molecule has 1 aliphatic heterocycles. The summed E-state index contributed by atoms with van der Waals surface area (Å²) in [5, 5.41) is 2.90. The van der Waals surface area contributed by atoms with Gasteiger partial charge in [-0.3, -0.25) is 9.59 Å². The zero-order chi connectivity index (χ0) is 21.8. The lowest BCUT2D eigenvalue weighted by Gasteiger charge is -2.36. The molecular weight excluding hydrogens is 380 g/mol. The third-order valence-electron chi connectivity index (χ3n) is 5.85. The number of pyridine rings is 1.